The molecule has 146 valence electrons. The van der Waals surface area contributed by atoms with Crippen LogP contribution in [0.3, 0.4) is 0 Å². The van der Waals surface area contributed by atoms with E-state index >= 15 is 0 Å². The van der Waals surface area contributed by atoms with E-state index in [9.17, 15) is 9.59 Å². The predicted octanol–water partition coefficient (Wildman–Crippen LogP) is 3.55. The van der Waals surface area contributed by atoms with Gasteiger partial charge < -0.3 is 23.8 Å². The number of rotatable bonds is 7. The van der Waals surface area contributed by atoms with Gasteiger partial charge in [0.2, 0.25) is 0 Å². The molecule has 0 radical (unpaired) electrons. The van der Waals surface area contributed by atoms with Crippen LogP contribution < -0.4 is 10.1 Å². The molecule has 1 aromatic carbocycles. The summed E-state index contributed by atoms with van der Waals surface area (Å²) in [6, 6.07) is 12.3. The van der Waals surface area contributed by atoms with Crippen molar-refractivity contribution in [2.45, 2.75) is 20.4 Å². The largest absolute Gasteiger partial charge is 0.497 e. The molecule has 0 saturated carbocycles. The van der Waals surface area contributed by atoms with Crippen molar-refractivity contribution < 1.29 is 23.5 Å². The van der Waals surface area contributed by atoms with Crippen molar-refractivity contribution >= 4 is 17.6 Å². The SMILES string of the molecule is COc1ccc(NC(=O)COC(=O)c2cc(C)n(Cc3ccco3)c2C)cc1. The van der Waals surface area contributed by atoms with Crippen LogP contribution in [0.25, 0.3) is 0 Å². The zero-order chi connectivity index (χ0) is 20.1. The van der Waals surface area contributed by atoms with Gasteiger partial charge in [-0.05, 0) is 56.3 Å². The highest BCUT2D eigenvalue weighted by molar-refractivity contribution is 5.96. The molecule has 0 bridgehead atoms. The number of aromatic nitrogens is 1. The average molecular weight is 382 g/mol. The number of anilines is 1. The highest BCUT2D eigenvalue weighted by atomic mass is 16.5. The summed E-state index contributed by atoms with van der Waals surface area (Å²) < 4.78 is 17.6. The monoisotopic (exact) mass is 382 g/mol. The first-order chi connectivity index (χ1) is 13.5. The topological polar surface area (TPSA) is 82.7 Å². The molecule has 0 fully saturated rings. The first-order valence-corrected chi connectivity index (χ1v) is 8.78. The molecular formula is C21H22N2O5. The van der Waals surface area contributed by atoms with Gasteiger partial charge in [-0.3, -0.25) is 4.79 Å². The van der Waals surface area contributed by atoms with Crippen LogP contribution >= 0.6 is 0 Å². The zero-order valence-electron chi connectivity index (χ0n) is 16.0. The number of hydrogen-bond donors (Lipinski definition) is 1. The van der Waals surface area contributed by atoms with Gasteiger partial charge in [-0.2, -0.15) is 0 Å². The maximum absolute atomic E-state index is 12.4. The number of benzene rings is 1. The van der Waals surface area contributed by atoms with Gasteiger partial charge in [-0.25, -0.2) is 4.79 Å². The number of carbonyl (C=O) groups excluding carboxylic acids is 2. The van der Waals surface area contributed by atoms with Gasteiger partial charge in [0.1, 0.15) is 11.5 Å². The number of amides is 1. The Morgan fingerprint density at radius 1 is 1.14 bits per heavy atom. The third-order valence-corrected chi connectivity index (χ3v) is 4.40. The number of furan rings is 1. The third kappa shape index (κ3) is 4.43. The van der Waals surface area contributed by atoms with E-state index < -0.39 is 11.9 Å². The maximum atomic E-state index is 12.4. The van der Waals surface area contributed by atoms with Crippen molar-refractivity contribution in [3.8, 4) is 5.75 Å². The minimum atomic E-state index is -0.538. The van der Waals surface area contributed by atoms with Gasteiger partial charge in [-0.15, -0.1) is 0 Å². The lowest BCUT2D eigenvalue weighted by Crippen LogP contribution is -2.21. The number of carbonyl (C=O) groups is 2. The number of nitrogens with zero attached hydrogens (tertiary/aromatic N) is 1. The molecule has 0 spiro atoms. The average Bonchev–Trinajstić information content (AvgIpc) is 3.30. The fourth-order valence-corrected chi connectivity index (χ4v) is 2.89. The normalized spacial score (nSPS) is 10.5. The summed E-state index contributed by atoms with van der Waals surface area (Å²) in [5.41, 5.74) is 2.69. The number of methoxy groups -OCH3 is 1. The highest BCUT2D eigenvalue weighted by Crippen LogP contribution is 2.19. The maximum Gasteiger partial charge on any atom is 0.340 e. The highest BCUT2D eigenvalue weighted by Gasteiger charge is 2.18. The summed E-state index contributed by atoms with van der Waals surface area (Å²) in [5, 5.41) is 2.67. The van der Waals surface area contributed by atoms with Crippen LogP contribution in [0, 0.1) is 13.8 Å². The molecule has 1 N–H and O–H groups in total. The molecule has 0 atom stereocenters. The lowest BCUT2D eigenvalue weighted by molar-refractivity contribution is -0.119. The van der Waals surface area contributed by atoms with Crippen molar-refractivity contribution in [1.82, 2.24) is 4.57 Å². The van der Waals surface area contributed by atoms with Crippen molar-refractivity contribution in [2.24, 2.45) is 0 Å². The lowest BCUT2D eigenvalue weighted by Gasteiger charge is -2.09. The predicted molar refractivity (Wildman–Crippen MR) is 104 cm³/mol. The molecule has 3 aromatic rings. The fraction of sp³-hybridized carbons (Fsp3) is 0.238. The standard InChI is InChI=1S/C21H22N2O5/c1-14-11-19(15(2)23(14)12-18-5-4-10-27-18)21(25)28-13-20(24)22-16-6-8-17(26-3)9-7-16/h4-11H,12-13H2,1-3H3,(H,22,24). The lowest BCUT2D eigenvalue weighted by atomic mass is 10.2. The Kier molecular flexibility index (Phi) is 5.84. The minimum Gasteiger partial charge on any atom is -0.497 e. The van der Waals surface area contributed by atoms with Crippen LogP contribution in [0.5, 0.6) is 5.75 Å². The molecule has 7 nitrogen and oxygen atoms in total. The molecule has 0 saturated heterocycles. The molecule has 1 amide bonds. The van der Waals surface area contributed by atoms with Crippen molar-refractivity contribution in [2.75, 3.05) is 19.0 Å². The molecule has 3 rings (SSSR count). The first kappa shape index (κ1) is 19.3. The van der Waals surface area contributed by atoms with Crippen LogP contribution in [0.15, 0.2) is 53.1 Å². The Labute approximate surface area is 162 Å². The number of nitrogens with one attached hydrogen (secondary N) is 1. The Morgan fingerprint density at radius 2 is 1.89 bits per heavy atom. The number of hydrogen-bond acceptors (Lipinski definition) is 5. The Morgan fingerprint density at radius 3 is 2.54 bits per heavy atom. The van der Waals surface area contributed by atoms with Gasteiger partial charge in [0.25, 0.3) is 5.91 Å². The van der Waals surface area contributed by atoms with Crippen LogP contribution in [0.4, 0.5) is 5.69 Å². The smallest absolute Gasteiger partial charge is 0.340 e. The summed E-state index contributed by atoms with van der Waals surface area (Å²) >= 11 is 0. The van der Waals surface area contributed by atoms with E-state index in [1.807, 2.05) is 30.5 Å². The van der Waals surface area contributed by atoms with E-state index in [1.54, 1.807) is 43.7 Å². The Balaban J connectivity index is 1.59. The number of esters is 1. The van der Waals surface area contributed by atoms with E-state index in [0.29, 0.717) is 23.5 Å². The second kappa shape index (κ2) is 8.47. The van der Waals surface area contributed by atoms with Crippen molar-refractivity contribution in [1.29, 1.82) is 0 Å². The quantitative estimate of drug-likeness (QED) is 0.632. The molecule has 2 heterocycles. The minimum absolute atomic E-state index is 0.368. The second-order valence-electron chi connectivity index (χ2n) is 6.30. The van der Waals surface area contributed by atoms with Crippen molar-refractivity contribution in [3.05, 3.63) is 71.4 Å². The Bertz CT molecular complexity index is 956. The zero-order valence-corrected chi connectivity index (χ0v) is 16.0. The summed E-state index contributed by atoms with van der Waals surface area (Å²) in [7, 11) is 1.57. The van der Waals surface area contributed by atoms with Crippen LogP contribution in [0.2, 0.25) is 0 Å². The van der Waals surface area contributed by atoms with Gasteiger partial charge >= 0.3 is 5.97 Å². The fourth-order valence-electron chi connectivity index (χ4n) is 2.89. The van der Waals surface area contributed by atoms with E-state index in [1.165, 1.54) is 0 Å². The number of aryl methyl sites for hydroxylation is 1. The third-order valence-electron chi connectivity index (χ3n) is 4.40. The number of ether oxygens (including phenoxy) is 2. The van der Waals surface area contributed by atoms with Gasteiger partial charge in [0.05, 0.1) is 25.5 Å². The van der Waals surface area contributed by atoms with Gasteiger partial charge in [-0.1, -0.05) is 0 Å². The summed E-state index contributed by atoms with van der Waals surface area (Å²) in [4.78, 5) is 24.5. The van der Waals surface area contributed by atoms with Crippen molar-refractivity contribution in [3.63, 3.8) is 0 Å². The molecule has 0 aliphatic heterocycles. The van der Waals surface area contributed by atoms with Crippen LogP contribution in [0.1, 0.15) is 27.5 Å². The molecule has 0 aliphatic rings. The van der Waals surface area contributed by atoms with Gasteiger partial charge in [0, 0.05) is 17.1 Å². The summed E-state index contributed by atoms with van der Waals surface area (Å²) in [6.07, 6.45) is 1.61. The molecule has 2 aromatic heterocycles. The first-order valence-electron chi connectivity index (χ1n) is 8.78. The summed E-state index contributed by atoms with van der Waals surface area (Å²) in [5.74, 6) is 0.529. The second-order valence-corrected chi connectivity index (χ2v) is 6.30. The van der Waals surface area contributed by atoms with E-state index in [4.69, 9.17) is 13.9 Å². The van der Waals surface area contributed by atoms with E-state index in [-0.39, 0.29) is 6.61 Å². The van der Waals surface area contributed by atoms with Crippen LogP contribution in [-0.2, 0) is 16.1 Å². The molecule has 0 aliphatic carbocycles. The van der Waals surface area contributed by atoms with E-state index in [0.717, 1.165) is 17.1 Å². The molecule has 0 unspecified atom stereocenters. The molecule has 28 heavy (non-hydrogen) atoms. The molecule has 7 heteroatoms. The summed E-state index contributed by atoms with van der Waals surface area (Å²) in [6.45, 7) is 3.90. The van der Waals surface area contributed by atoms with Crippen LogP contribution in [-0.4, -0.2) is 30.2 Å². The van der Waals surface area contributed by atoms with Gasteiger partial charge in [0.15, 0.2) is 6.61 Å². The Hall–Kier alpha value is -3.48. The van der Waals surface area contributed by atoms with E-state index in [2.05, 4.69) is 5.32 Å². The molecular weight excluding hydrogens is 360 g/mol.